The van der Waals surface area contributed by atoms with Gasteiger partial charge in [-0.15, -0.1) is 11.3 Å². The molecule has 0 bridgehead atoms. The maximum absolute atomic E-state index is 13.7. The molecule has 2 aromatic carbocycles. The summed E-state index contributed by atoms with van der Waals surface area (Å²) >= 11 is 2.64. The van der Waals surface area contributed by atoms with Crippen molar-refractivity contribution >= 4 is 61.9 Å². The van der Waals surface area contributed by atoms with Crippen molar-refractivity contribution in [1.29, 1.82) is 0 Å². The van der Waals surface area contributed by atoms with E-state index in [4.69, 9.17) is 9.72 Å². The van der Waals surface area contributed by atoms with E-state index in [2.05, 4.69) is 10.3 Å². The van der Waals surface area contributed by atoms with E-state index < -0.39 is 5.97 Å². The lowest BCUT2D eigenvalue weighted by Gasteiger charge is -2.13. The first kappa shape index (κ1) is 25.4. The van der Waals surface area contributed by atoms with Gasteiger partial charge in [-0.05, 0) is 56.4 Å². The number of thiophene rings is 1. The van der Waals surface area contributed by atoms with Gasteiger partial charge >= 0.3 is 5.97 Å². The van der Waals surface area contributed by atoms with Crippen LogP contribution in [0, 0.1) is 0 Å². The summed E-state index contributed by atoms with van der Waals surface area (Å²) in [6.07, 6.45) is 3.79. The Hall–Kier alpha value is -3.89. The molecule has 39 heavy (non-hydrogen) atoms. The van der Waals surface area contributed by atoms with Gasteiger partial charge in [0.25, 0.3) is 5.56 Å². The monoisotopic (exact) mass is 558 g/mol. The van der Waals surface area contributed by atoms with Crippen molar-refractivity contribution < 1.29 is 14.3 Å². The third kappa shape index (κ3) is 4.74. The molecule has 0 aliphatic heterocycles. The second-order valence-corrected chi connectivity index (χ2v) is 11.3. The van der Waals surface area contributed by atoms with Crippen LogP contribution < -0.4 is 10.9 Å². The summed E-state index contributed by atoms with van der Waals surface area (Å²) in [5, 5.41) is 4.74. The Balaban J connectivity index is 1.34. The first-order chi connectivity index (χ1) is 19.0. The number of thioether (sulfide) groups is 1. The van der Waals surface area contributed by atoms with E-state index in [1.165, 1.54) is 27.7 Å². The molecule has 10 heteroatoms. The lowest BCUT2D eigenvalue weighted by molar-refractivity contribution is -0.113. The summed E-state index contributed by atoms with van der Waals surface area (Å²) in [6, 6.07) is 16.9. The maximum atomic E-state index is 13.7. The van der Waals surface area contributed by atoms with Crippen molar-refractivity contribution in [3.63, 3.8) is 0 Å². The number of nitrogens with zero attached hydrogens (tertiary/aromatic N) is 2. The molecule has 8 nitrogen and oxygen atoms in total. The predicted molar refractivity (Wildman–Crippen MR) is 155 cm³/mol. The van der Waals surface area contributed by atoms with E-state index in [0.717, 1.165) is 47.0 Å². The van der Waals surface area contributed by atoms with Crippen LogP contribution in [-0.4, -0.2) is 38.8 Å². The van der Waals surface area contributed by atoms with Gasteiger partial charge in [-0.3, -0.25) is 14.2 Å². The lowest BCUT2D eigenvalue weighted by atomic mass is 9.95. The van der Waals surface area contributed by atoms with Gasteiger partial charge in [-0.1, -0.05) is 48.2 Å². The molecule has 0 fully saturated rings. The third-order valence-corrected chi connectivity index (χ3v) is 8.89. The van der Waals surface area contributed by atoms with E-state index in [1.807, 2.05) is 54.6 Å². The number of ether oxygens (including phenoxy) is 1. The lowest BCUT2D eigenvalue weighted by Crippen LogP contribution is -2.23. The fourth-order valence-corrected chi connectivity index (χ4v) is 7.11. The van der Waals surface area contributed by atoms with Crippen molar-refractivity contribution in [1.82, 2.24) is 14.5 Å². The number of aromatic nitrogens is 3. The van der Waals surface area contributed by atoms with E-state index >= 15 is 0 Å². The fraction of sp³-hybridized carbons (Fsp3) is 0.241. The van der Waals surface area contributed by atoms with Gasteiger partial charge in [-0.2, -0.15) is 0 Å². The minimum atomic E-state index is -0.399. The van der Waals surface area contributed by atoms with Gasteiger partial charge in [0.15, 0.2) is 5.16 Å². The fourth-order valence-electron chi connectivity index (χ4n) is 5.01. The SMILES string of the molecule is CCOC(=O)c1c(NC(=O)CSc2nc3c([nH]c4ccccc43)c(=O)n2-c2ccccc2)sc2c1CCCC2. The molecule has 0 saturated carbocycles. The number of fused-ring (bicyclic) bond motifs is 4. The number of rotatable bonds is 7. The van der Waals surface area contributed by atoms with E-state index in [1.54, 1.807) is 6.92 Å². The predicted octanol–water partition coefficient (Wildman–Crippen LogP) is 5.71. The number of aromatic amines is 1. The molecule has 0 atom stereocenters. The number of amides is 1. The molecule has 0 spiro atoms. The van der Waals surface area contributed by atoms with Gasteiger partial charge in [0.05, 0.1) is 23.6 Å². The molecule has 198 valence electrons. The minimum Gasteiger partial charge on any atom is -0.462 e. The third-order valence-electron chi connectivity index (χ3n) is 6.74. The van der Waals surface area contributed by atoms with E-state index in [0.29, 0.717) is 32.4 Å². The molecule has 3 aromatic heterocycles. The quantitative estimate of drug-likeness (QED) is 0.150. The summed E-state index contributed by atoms with van der Waals surface area (Å²) < 4.78 is 6.84. The van der Waals surface area contributed by atoms with Gasteiger partial charge in [-0.25, -0.2) is 9.78 Å². The van der Waals surface area contributed by atoms with Crippen molar-refractivity contribution in [2.45, 2.75) is 37.8 Å². The Labute approximate surface area is 232 Å². The highest BCUT2D eigenvalue weighted by Crippen LogP contribution is 2.39. The van der Waals surface area contributed by atoms with Crippen LogP contribution in [0.25, 0.3) is 27.6 Å². The minimum absolute atomic E-state index is 0.0119. The summed E-state index contributed by atoms with van der Waals surface area (Å²) in [5.41, 5.74) is 3.71. The largest absolute Gasteiger partial charge is 0.462 e. The average molecular weight is 559 g/mol. The average Bonchev–Trinajstić information content (AvgIpc) is 3.51. The van der Waals surface area contributed by atoms with Crippen LogP contribution in [0.3, 0.4) is 0 Å². The zero-order valence-electron chi connectivity index (χ0n) is 21.3. The Morgan fingerprint density at radius 1 is 1.10 bits per heavy atom. The number of nitrogens with one attached hydrogen (secondary N) is 2. The van der Waals surface area contributed by atoms with Gasteiger partial charge in [0.1, 0.15) is 16.0 Å². The van der Waals surface area contributed by atoms with Crippen LogP contribution in [0.15, 0.2) is 64.5 Å². The Morgan fingerprint density at radius 3 is 2.69 bits per heavy atom. The van der Waals surface area contributed by atoms with Gasteiger partial charge in [0.2, 0.25) is 5.91 Å². The first-order valence-corrected chi connectivity index (χ1v) is 14.7. The summed E-state index contributed by atoms with van der Waals surface area (Å²) in [5.74, 6) is -0.668. The highest BCUT2D eigenvalue weighted by atomic mass is 32.2. The Bertz CT molecular complexity index is 1770. The Kier molecular flexibility index (Phi) is 6.97. The number of carbonyl (C=O) groups is 2. The van der Waals surface area contributed by atoms with Crippen LogP contribution in [0.4, 0.5) is 5.00 Å². The smallest absolute Gasteiger partial charge is 0.341 e. The number of aryl methyl sites for hydroxylation is 1. The van der Waals surface area contributed by atoms with Gasteiger partial charge in [0, 0.05) is 15.8 Å². The number of benzene rings is 2. The Morgan fingerprint density at radius 2 is 1.87 bits per heavy atom. The molecule has 3 heterocycles. The zero-order valence-corrected chi connectivity index (χ0v) is 22.9. The highest BCUT2D eigenvalue weighted by molar-refractivity contribution is 7.99. The number of carbonyl (C=O) groups excluding carboxylic acids is 2. The molecule has 6 rings (SSSR count). The molecule has 1 amide bonds. The number of hydrogen-bond donors (Lipinski definition) is 2. The standard InChI is InChI=1S/C29H26N4O4S2/c1-2-37-28(36)23-19-13-7-9-15-21(19)39-26(23)31-22(34)16-38-29-32-24-18-12-6-8-14-20(18)30-25(24)27(35)33(29)17-10-4-3-5-11-17/h3-6,8,10-12,14,30H,2,7,9,13,15-16H2,1H3,(H,31,34). The summed E-state index contributed by atoms with van der Waals surface area (Å²) in [7, 11) is 0. The normalized spacial score (nSPS) is 12.9. The molecule has 0 radical (unpaired) electrons. The van der Waals surface area contributed by atoms with Crippen molar-refractivity contribution in [3.05, 3.63) is 81.0 Å². The zero-order chi connectivity index (χ0) is 26.9. The van der Waals surface area contributed by atoms with E-state index in [-0.39, 0.29) is 23.8 Å². The molecule has 0 unspecified atom stereocenters. The number of hydrogen-bond acceptors (Lipinski definition) is 7. The molecule has 1 aliphatic rings. The molecular formula is C29H26N4O4S2. The highest BCUT2D eigenvalue weighted by Gasteiger charge is 2.27. The second kappa shape index (κ2) is 10.7. The number of anilines is 1. The summed E-state index contributed by atoms with van der Waals surface area (Å²) in [4.78, 5) is 48.8. The number of para-hydroxylation sites is 2. The van der Waals surface area contributed by atoms with Crippen LogP contribution >= 0.6 is 23.1 Å². The topological polar surface area (TPSA) is 106 Å². The number of esters is 1. The molecule has 5 aromatic rings. The molecule has 0 saturated heterocycles. The maximum Gasteiger partial charge on any atom is 0.341 e. The molecule has 2 N–H and O–H groups in total. The van der Waals surface area contributed by atoms with Crippen molar-refractivity contribution in [2.24, 2.45) is 0 Å². The van der Waals surface area contributed by atoms with Gasteiger partial charge < -0.3 is 15.0 Å². The first-order valence-electron chi connectivity index (χ1n) is 12.9. The van der Waals surface area contributed by atoms with E-state index in [9.17, 15) is 14.4 Å². The van der Waals surface area contributed by atoms with Crippen LogP contribution in [0.5, 0.6) is 0 Å². The molecule has 1 aliphatic carbocycles. The van der Waals surface area contributed by atoms with Crippen LogP contribution in [-0.2, 0) is 22.4 Å². The number of H-pyrrole nitrogens is 1. The van der Waals surface area contributed by atoms with Crippen LogP contribution in [0.1, 0.15) is 40.6 Å². The second-order valence-electron chi connectivity index (χ2n) is 9.24. The van der Waals surface area contributed by atoms with Crippen molar-refractivity contribution in [3.8, 4) is 5.69 Å². The van der Waals surface area contributed by atoms with Crippen molar-refractivity contribution in [2.75, 3.05) is 17.7 Å². The van der Waals surface area contributed by atoms with Crippen LogP contribution in [0.2, 0.25) is 0 Å². The molecular weight excluding hydrogens is 532 g/mol. The summed E-state index contributed by atoms with van der Waals surface area (Å²) in [6.45, 7) is 2.04.